The number of ketones is 1. The summed E-state index contributed by atoms with van der Waals surface area (Å²) >= 11 is 6.57. The lowest BCUT2D eigenvalue weighted by atomic mass is 9.85. The highest BCUT2D eigenvalue weighted by Gasteiger charge is 2.37. The number of hydrogen-bond acceptors (Lipinski definition) is 6. The van der Waals surface area contributed by atoms with Crippen LogP contribution in [-0.4, -0.2) is 34.0 Å². The van der Waals surface area contributed by atoms with E-state index in [1.807, 2.05) is 0 Å². The second-order valence-electron chi connectivity index (χ2n) is 5.90. The van der Waals surface area contributed by atoms with Crippen LogP contribution in [0.15, 0.2) is 49.6 Å². The fourth-order valence-corrected chi connectivity index (χ4v) is 3.90. The van der Waals surface area contributed by atoms with E-state index in [2.05, 4.69) is 9.73 Å². The molecule has 0 saturated heterocycles. The summed E-state index contributed by atoms with van der Waals surface area (Å²) in [4.78, 5) is 28.4. The Balaban J connectivity index is 2.08. The Kier molecular flexibility index (Phi) is 5.11. The summed E-state index contributed by atoms with van der Waals surface area (Å²) in [6.07, 6.45) is -5.35. The number of aliphatic carboxylic acids is 1. The summed E-state index contributed by atoms with van der Waals surface area (Å²) in [5, 5.41) is 20.0. The van der Waals surface area contributed by atoms with Crippen LogP contribution in [0.2, 0.25) is 0 Å². The van der Waals surface area contributed by atoms with E-state index in [4.69, 9.17) is 16.7 Å². The lowest BCUT2D eigenvalue weighted by molar-refractivity contribution is -0.273. The van der Waals surface area contributed by atoms with Gasteiger partial charge in [-0.3, -0.25) is 14.6 Å². The lowest BCUT2D eigenvalue weighted by Gasteiger charge is -2.19. The average molecular weight is 434 g/mol. The third kappa shape index (κ3) is 3.83. The van der Waals surface area contributed by atoms with Crippen molar-refractivity contribution in [3.8, 4) is 5.06 Å². The van der Waals surface area contributed by atoms with Gasteiger partial charge in [-0.15, -0.1) is 24.5 Å². The first kappa shape index (κ1) is 20.2. The molecule has 0 aromatic carbocycles. The van der Waals surface area contributed by atoms with Gasteiger partial charge < -0.3 is 14.9 Å². The van der Waals surface area contributed by atoms with Crippen LogP contribution in [-0.2, 0) is 4.79 Å². The minimum Gasteiger partial charge on any atom is -0.506 e. The molecule has 3 rings (SSSR count). The van der Waals surface area contributed by atoms with Gasteiger partial charge in [-0.1, -0.05) is 11.6 Å². The molecule has 1 aliphatic heterocycles. The van der Waals surface area contributed by atoms with Crippen molar-refractivity contribution in [2.24, 2.45) is 4.99 Å². The van der Waals surface area contributed by atoms with Crippen molar-refractivity contribution in [2.45, 2.75) is 26.1 Å². The lowest BCUT2D eigenvalue weighted by Crippen LogP contribution is -2.20. The molecule has 0 fully saturated rings. The molecule has 1 aromatic rings. The maximum absolute atomic E-state index is 12.9. The Bertz CT molecular complexity index is 1020. The van der Waals surface area contributed by atoms with Crippen molar-refractivity contribution in [2.75, 3.05) is 0 Å². The zero-order chi connectivity index (χ0) is 20.8. The van der Waals surface area contributed by atoms with Gasteiger partial charge in [-0.25, -0.2) is 0 Å². The zero-order valence-electron chi connectivity index (χ0n) is 14.1. The standard InChI is InChI=1S/C17H11ClF3NO5S/c1-6-8(3-11(23)24)13-10(22-6)4-9(18)16(26)14(13)15(25)7-2-12(28-5-7)27-17(19,20)21/h2,5,26H,3-4H2,1H3,(H,23,24). The number of Topliss-reactive ketones (excluding diaryl/α,β-unsaturated/α-hetero) is 1. The molecular formula is C17H11ClF3NO5S. The highest BCUT2D eigenvalue weighted by molar-refractivity contribution is 7.12. The van der Waals surface area contributed by atoms with Crippen LogP contribution >= 0.6 is 22.9 Å². The number of ether oxygens (including phenoxy) is 1. The van der Waals surface area contributed by atoms with Crippen LogP contribution < -0.4 is 4.74 Å². The monoisotopic (exact) mass is 433 g/mol. The van der Waals surface area contributed by atoms with E-state index in [0.29, 0.717) is 22.7 Å². The van der Waals surface area contributed by atoms with Crippen molar-refractivity contribution < 1.29 is 37.7 Å². The first-order valence-corrected chi connectivity index (χ1v) is 8.94. The number of allylic oxidation sites excluding steroid dienone is 4. The number of nitrogens with zero attached hydrogens (tertiary/aromatic N) is 1. The van der Waals surface area contributed by atoms with Gasteiger partial charge in [0.1, 0.15) is 5.76 Å². The molecule has 0 saturated carbocycles. The largest absolute Gasteiger partial charge is 0.573 e. The molecule has 2 heterocycles. The highest BCUT2D eigenvalue weighted by Crippen LogP contribution is 2.41. The zero-order valence-corrected chi connectivity index (χ0v) is 15.6. The highest BCUT2D eigenvalue weighted by atomic mass is 35.5. The number of halogens is 4. The molecule has 0 bridgehead atoms. The third-order valence-electron chi connectivity index (χ3n) is 4.01. The van der Waals surface area contributed by atoms with Crippen LogP contribution in [0.3, 0.4) is 0 Å². The molecule has 2 N–H and O–H groups in total. The minimum atomic E-state index is -4.91. The van der Waals surface area contributed by atoms with E-state index in [-0.39, 0.29) is 33.7 Å². The van der Waals surface area contributed by atoms with Crippen LogP contribution in [0.25, 0.3) is 0 Å². The van der Waals surface area contributed by atoms with Crippen LogP contribution in [0.1, 0.15) is 30.1 Å². The number of carboxylic acid groups (broad SMARTS) is 1. The molecule has 11 heteroatoms. The summed E-state index contributed by atoms with van der Waals surface area (Å²) in [6.45, 7) is 1.56. The molecule has 0 unspecified atom stereocenters. The van der Waals surface area contributed by atoms with E-state index in [1.54, 1.807) is 6.92 Å². The van der Waals surface area contributed by atoms with E-state index >= 15 is 0 Å². The second kappa shape index (κ2) is 7.10. The average Bonchev–Trinajstić information content (AvgIpc) is 3.12. The Morgan fingerprint density at radius 2 is 2.07 bits per heavy atom. The summed E-state index contributed by atoms with van der Waals surface area (Å²) < 4.78 is 40.9. The van der Waals surface area contributed by atoms with Gasteiger partial charge in [0.15, 0.2) is 10.8 Å². The Morgan fingerprint density at radius 3 is 2.68 bits per heavy atom. The summed E-state index contributed by atoms with van der Waals surface area (Å²) in [5.74, 6) is -2.53. The van der Waals surface area contributed by atoms with E-state index in [0.717, 1.165) is 11.4 Å². The molecule has 2 aliphatic rings. The molecule has 1 aliphatic carbocycles. The minimum absolute atomic E-state index is 0.00599. The molecule has 0 atom stereocenters. The van der Waals surface area contributed by atoms with Crippen molar-refractivity contribution >= 4 is 40.4 Å². The number of thiophene rings is 1. The summed E-state index contributed by atoms with van der Waals surface area (Å²) in [6, 6.07) is 0.892. The molecular weight excluding hydrogens is 423 g/mol. The predicted molar refractivity (Wildman–Crippen MR) is 94.9 cm³/mol. The maximum Gasteiger partial charge on any atom is 0.573 e. The second-order valence-corrected chi connectivity index (χ2v) is 7.23. The van der Waals surface area contributed by atoms with Gasteiger partial charge in [0.25, 0.3) is 0 Å². The number of carbonyl (C=O) groups excluding carboxylic acids is 1. The number of rotatable bonds is 5. The Morgan fingerprint density at radius 1 is 1.39 bits per heavy atom. The maximum atomic E-state index is 12.9. The Hall–Kier alpha value is -2.59. The number of aliphatic hydroxyl groups is 1. The Labute approximate surface area is 164 Å². The molecule has 28 heavy (non-hydrogen) atoms. The molecule has 0 amide bonds. The van der Waals surface area contributed by atoms with E-state index < -0.39 is 35.4 Å². The molecule has 0 spiro atoms. The van der Waals surface area contributed by atoms with E-state index in [9.17, 15) is 27.9 Å². The first-order valence-electron chi connectivity index (χ1n) is 7.69. The van der Waals surface area contributed by atoms with Crippen LogP contribution in [0, 0.1) is 0 Å². The number of fused-ring (bicyclic) bond motifs is 1. The molecule has 0 radical (unpaired) electrons. The van der Waals surface area contributed by atoms with Gasteiger partial charge >= 0.3 is 12.3 Å². The molecule has 1 aromatic heterocycles. The molecule has 6 nitrogen and oxygen atoms in total. The SMILES string of the molecule is CC1=C(CC(=O)O)C2=C(C(=O)c3csc(OC(F)(F)F)c3)C(O)=C(Cl)CC2=N1. The fraction of sp³-hybridized carbons (Fsp3) is 0.235. The van der Waals surface area contributed by atoms with Gasteiger partial charge in [-0.2, -0.15) is 0 Å². The smallest absolute Gasteiger partial charge is 0.506 e. The number of aliphatic hydroxyl groups excluding tert-OH is 1. The first-order chi connectivity index (χ1) is 13.0. The summed E-state index contributed by atoms with van der Waals surface area (Å²) in [5.41, 5.74) is 0.618. The van der Waals surface area contributed by atoms with Gasteiger partial charge in [-0.05, 0) is 12.5 Å². The van der Waals surface area contributed by atoms with Gasteiger partial charge in [0.2, 0.25) is 0 Å². The number of carboxylic acids is 1. The quantitative estimate of drug-likeness (QED) is 0.654. The number of alkyl halides is 3. The summed E-state index contributed by atoms with van der Waals surface area (Å²) in [7, 11) is 0. The van der Waals surface area contributed by atoms with Crippen molar-refractivity contribution in [3.05, 3.63) is 50.2 Å². The van der Waals surface area contributed by atoms with Gasteiger partial charge in [0.05, 0.1) is 22.7 Å². The van der Waals surface area contributed by atoms with E-state index in [1.165, 1.54) is 0 Å². The van der Waals surface area contributed by atoms with Crippen molar-refractivity contribution in [1.29, 1.82) is 0 Å². The normalized spacial score (nSPS) is 17.1. The van der Waals surface area contributed by atoms with Crippen molar-refractivity contribution in [3.63, 3.8) is 0 Å². The number of hydrogen-bond donors (Lipinski definition) is 2. The fourth-order valence-electron chi connectivity index (χ4n) is 2.92. The number of carbonyl (C=O) groups is 2. The third-order valence-corrected chi connectivity index (χ3v) is 5.12. The topological polar surface area (TPSA) is 96.2 Å². The number of aliphatic imine (C=N–C) groups is 1. The molecule has 148 valence electrons. The predicted octanol–water partition coefficient (Wildman–Crippen LogP) is 4.74. The van der Waals surface area contributed by atoms with Crippen LogP contribution in [0.5, 0.6) is 5.06 Å². The van der Waals surface area contributed by atoms with Crippen molar-refractivity contribution in [1.82, 2.24) is 0 Å². The van der Waals surface area contributed by atoms with Crippen LogP contribution in [0.4, 0.5) is 13.2 Å². The van der Waals surface area contributed by atoms with Gasteiger partial charge in [0, 0.05) is 34.7 Å².